The van der Waals surface area contributed by atoms with E-state index < -0.39 is 12.1 Å². The fraction of sp³-hybridized carbons (Fsp3) is 0.167. The Morgan fingerprint density at radius 3 is 2.52 bits per heavy atom. The van der Waals surface area contributed by atoms with Crippen LogP contribution in [0.3, 0.4) is 0 Å². The summed E-state index contributed by atoms with van der Waals surface area (Å²) in [6, 6.07) is 15.4. The molecule has 118 valence electrons. The maximum absolute atomic E-state index is 13.2. The van der Waals surface area contributed by atoms with E-state index in [9.17, 15) is 9.18 Å². The van der Waals surface area contributed by atoms with Crippen molar-refractivity contribution in [1.82, 2.24) is 5.48 Å². The van der Waals surface area contributed by atoms with Gasteiger partial charge >= 0.3 is 5.97 Å². The first-order chi connectivity index (χ1) is 11.2. The van der Waals surface area contributed by atoms with E-state index in [0.29, 0.717) is 5.57 Å². The minimum Gasteiger partial charge on any atom is -0.461 e. The molecule has 3 rings (SSSR count). The third-order valence-corrected chi connectivity index (χ3v) is 3.55. The highest BCUT2D eigenvalue weighted by Gasteiger charge is 2.33. The molecular weight excluding hydrogens is 297 g/mol. The molecule has 1 heterocycles. The molecule has 1 aliphatic heterocycles. The van der Waals surface area contributed by atoms with Gasteiger partial charge in [0.1, 0.15) is 11.9 Å². The van der Waals surface area contributed by atoms with Crippen molar-refractivity contribution in [2.45, 2.75) is 13.0 Å². The summed E-state index contributed by atoms with van der Waals surface area (Å²) in [5.41, 5.74) is 5.20. The quantitative estimate of drug-likeness (QED) is 0.879. The second-order valence-corrected chi connectivity index (χ2v) is 5.03. The van der Waals surface area contributed by atoms with E-state index in [1.165, 1.54) is 12.1 Å². The molecule has 0 aliphatic carbocycles. The van der Waals surface area contributed by atoms with E-state index in [4.69, 9.17) is 9.57 Å². The molecule has 0 amide bonds. The van der Waals surface area contributed by atoms with Crippen LogP contribution in [0.2, 0.25) is 0 Å². The standard InChI is InChI=1S/C18H16FNO3/c1-2-22-18(21)16-15(12-6-4-3-5-7-12)17(23-20-16)13-8-10-14(19)11-9-13/h3-11,17,20H,2H2,1H3/t17-/m1/s1. The highest BCUT2D eigenvalue weighted by atomic mass is 19.1. The molecular formula is C18H16FNO3. The van der Waals surface area contributed by atoms with Crippen molar-refractivity contribution in [1.29, 1.82) is 0 Å². The molecule has 1 aliphatic rings. The molecule has 0 saturated carbocycles. The van der Waals surface area contributed by atoms with Crippen LogP contribution in [0.4, 0.5) is 4.39 Å². The number of nitrogens with one attached hydrogen (secondary N) is 1. The van der Waals surface area contributed by atoms with Gasteiger partial charge in [0.25, 0.3) is 0 Å². The number of hydrogen-bond donors (Lipinski definition) is 1. The van der Waals surface area contributed by atoms with Gasteiger partial charge < -0.3 is 4.74 Å². The minimum absolute atomic E-state index is 0.271. The van der Waals surface area contributed by atoms with Crippen LogP contribution in [0.15, 0.2) is 60.3 Å². The van der Waals surface area contributed by atoms with Crippen molar-refractivity contribution in [3.8, 4) is 0 Å². The number of carbonyl (C=O) groups is 1. The van der Waals surface area contributed by atoms with Crippen molar-refractivity contribution < 1.29 is 18.8 Å². The summed E-state index contributed by atoms with van der Waals surface area (Å²) in [5, 5.41) is 0. The Hall–Kier alpha value is -2.66. The highest BCUT2D eigenvalue weighted by Crippen LogP contribution is 2.39. The number of carbonyl (C=O) groups excluding carboxylic acids is 1. The number of hydroxylamine groups is 1. The smallest absolute Gasteiger partial charge is 0.357 e. The number of hydrogen-bond acceptors (Lipinski definition) is 4. The summed E-state index contributed by atoms with van der Waals surface area (Å²) in [6.45, 7) is 2.02. The fourth-order valence-corrected chi connectivity index (χ4v) is 2.50. The Morgan fingerprint density at radius 2 is 1.87 bits per heavy atom. The minimum atomic E-state index is -0.516. The number of benzene rings is 2. The van der Waals surface area contributed by atoms with Crippen LogP contribution in [-0.2, 0) is 14.4 Å². The number of esters is 1. The van der Waals surface area contributed by atoms with E-state index in [0.717, 1.165) is 11.1 Å². The Bertz CT molecular complexity index is 726. The van der Waals surface area contributed by atoms with Crippen LogP contribution in [0.1, 0.15) is 24.2 Å². The van der Waals surface area contributed by atoms with Gasteiger partial charge in [-0.2, -0.15) is 0 Å². The summed E-state index contributed by atoms with van der Waals surface area (Å²) in [7, 11) is 0. The molecule has 0 unspecified atom stereocenters. The molecule has 1 N–H and O–H groups in total. The monoisotopic (exact) mass is 313 g/mol. The molecule has 5 heteroatoms. The van der Waals surface area contributed by atoms with Crippen LogP contribution < -0.4 is 5.48 Å². The Kier molecular flexibility index (Phi) is 4.39. The van der Waals surface area contributed by atoms with E-state index in [1.54, 1.807) is 19.1 Å². The van der Waals surface area contributed by atoms with Crippen molar-refractivity contribution in [3.05, 3.63) is 77.2 Å². The zero-order chi connectivity index (χ0) is 16.2. The zero-order valence-corrected chi connectivity index (χ0v) is 12.6. The van der Waals surface area contributed by atoms with Crippen molar-refractivity contribution in [3.63, 3.8) is 0 Å². The molecule has 4 nitrogen and oxygen atoms in total. The lowest BCUT2D eigenvalue weighted by Gasteiger charge is -2.13. The molecule has 1 atom stereocenters. The molecule has 0 fully saturated rings. The first-order valence-electron chi connectivity index (χ1n) is 7.34. The fourth-order valence-electron chi connectivity index (χ4n) is 2.50. The molecule has 0 aromatic heterocycles. The molecule has 2 aromatic rings. The predicted octanol–water partition coefficient (Wildman–Crippen LogP) is 3.38. The predicted molar refractivity (Wildman–Crippen MR) is 83.4 cm³/mol. The van der Waals surface area contributed by atoms with Gasteiger partial charge in [0.2, 0.25) is 0 Å². The molecule has 23 heavy (non-hydrogen) atoms. The van der Waals surface area contributed by atoms with Gasteiger partial charge in [-0.3, -0.25) is 10.3 Å². The van der Waals surface area contributed by atoms with Gasteiger partial charge in [0, 0.05) is 5.57 Å². The topological polar surface area (TPSA) is 47.6 Å². The van der Waals surface area contributed by atoms with E-state index in [1.807, 2.05) is 30.3 Å². The van der Waals surface area contributed by atoms with Crippen molar-refractivity contribution >= 4 is 11.5 Å². The van der Waals surface area contributed by atoms with Crippen LogP contribution in [0.25, 0.3) is 5.57 Å². The average Bonchev–Trinajstić information content (AvgIpc) is 3.01. The second-order valence-electron chi connectivity index (χ2n) is 5.03. The van der Waals surface area contributed by atoms with E-state index >= 15 is 0 Å². The molecule has 2 aromatic carbocycles. The van der Waals surface area contributed by atoms with E-state index in [2.05, 4.69) is 5.48 Å². The van der Waals surface area contributed by atoms with Crippen LogP contribution in [0.5, 0.6) is 0 Å². The summed E-state index contributed by atoms with van der Waals surface area (Å²) in [4.78, 5) is 17.8. The van der Waals surface area contributed by atoms with Gasteiger partial charge in [0.05, 0.1) is 6.61 Å². The lowest BCUT2D eigenvalue weighted by atomic mass is 9.94. The van der Waals surface area contributed by atoms with E-state index in [-0.39, 0.29) is 18.1 Å². The molecule has 0 saturated heterocycles. The number of ether oxygens (including phenoxy) is 1. The second kappa shape index (κ2) is 6.62. The lowest BCUT2D eigenvalue weighted by molar-refractivity contribution is -0.140. The lowest BCUT2D eigenvalue weighted by Crippen LogP contribution is -2.18. The maximum Gasteiger partial charge on any atom is 0.357 e. The first-order valence-corrected chi connectivity index (χ1v) is 7.34. The van der Waals surface area contributed by atoms with Crippen molar-refractivity contribution in [2.24, 2.45) is 0 Å². The van der Waals surface area contributed by atoms with Crippen LogP contribution in [0, 0.1) is 5.82 Å². The first kappa shape index (κ1) is 15.2. The molecule has 0 spiro atoms. The van der Waals surface area contributed by atoms with Gasteiger partial charge in [-0.1, -0.05) is 42.5 Å². The van der Waals surface area contributed by atoms with Gasteiger partial charge in [0.15, 0.2) is 5.70 Å². The summed E-state index contributed by atoms with van der Waals surface area (Å²) >= 11 is 0. The molecule has 0 bridgehead atoms. The SMILES string of the molecule is CCOC(=O)C1=C(c2ccccc2)[C@@H](c2ccc(F)cc2)ON1. The number of halogens is 1. The third-order valence-electron chi connectivity index (χ3n) is 3.55. The third kappa shape index (κ3) is 3.10. The van der Waals surface area contributed by atoms with Gasteiger partial charge in [-0.25, -0.2) is 9.18 Å². The highest BCUT2D eigenvalue weighted by molar-refractivity contribution is 5.98. The number of rotatable bonds is 4. The van der Waals surface area contributed by atoms with Crippen molar-refractivity contribution in [2.75, 3.05) is 6.61 Å². The Morgan fingerprint density at radius 1 is 1.17 bits per heavy atom. The summed E-state index contributed by atoms with van der Waals surface area (Å²) in [6.07, 6.45) is -0.516. The maximum atomic E-state index is 13.2. The summed E-state index contributed by atoms with van der Waals surface area (Å²) in [5.74, 6) is -0.800. The largest absolute Gasteiger partial charge is 0.461 e. The van der Waals surface area contributed by atoms with Gasteiger partial charge in [-0.05, 0) is 30.2 Å². The van der Waals surface area contributed by atoms with Crippen LogP contribution >= 0.6 is 0 Å². The molecule has 0 radical (unpaired) electrons. The average molecular weight is 313 g/mol. The zero-order valence-electron chi connectivity index (χ0n) is 12.6. The summed E-state index contributed by atoms with van der Waals surface area (Å²) < 4.78 is 18.2. The Labute approximate surface area is 133 Å². The normalized spacial score (nSPS) is 17.0. The van der Waals surface area contributed by atoms with Crippen LogP contribution in [-0.4, -0.2) is 12.6 Å². The van der Waals surface area contributed by atoms with Gasteiger partial charge in [-0.15, -0.1) is 0 Å². The Balaban J connectivity index is 2.06.